The van der Waals surface area contributed by atoms with Crippen LogP contribution in [0.3, 0.4) is 0 Å². The summed E-state index contributed by atoms with van der Waals surface area (Å²) in [5.74, 6) is 0. The molecule has 2 aromatic heterocycles. The summed E-state index contributed by atoms with van der Waals surface area (Å²) in [6, 6.07) is 18.9. The van der Waals surface area contributed by atoms with Crippen LogP contribution in [0.2, 0.25) is 0 Å². The molecule has 0 spiro atoms. The number of aromatic nitrogens is 3. The van der Waals surface area contributed by atoms with E-state index in [4.69, 9.17) is 9.72 Å². The monoisotopic (exact) mass is 658 g/mol. The van der Waals surface area contributed by atoms with Gasteiger partial charge in [0.1, 0.15) is 6.61 Å². The number of hydrogen-bond donors (Lipinski definition) is 1. The van der Waals surface area contributed by atoms with Gasteiger partial charge in [0.15, 0.2) is 0 Å². The van der Waals surface area contributed by atoms with Gasteiger partial charge in [-0.15, -0.1) is 0 Å². The van der Waals surface area contributed by atoms with Gasteiger partial charge in [0.05, 0.1) is 18.1 Å². The summed E-state index contributed by atoms with van der Waals surface area (Å²) in [5, 5.41) is 2.59. The number of hydrogen-bond acceptors (Lipinski definition) is 6. The van der Waals surface area contributed by atoms with Gasteiger partial charge in [0.25, 0.3) is 0 Å². The van der Waals surface area contributed by atoms with E-state index in [2.05, 4.69) is 62.3 Å². The predicted molar refractivity (Wildman–Crippen MR) is 173 cm³/mol. The van der Waals surface area contributed by atoms with Crippen molar-refractivity contribution in [2.75, 3.05) is 32.7 Å². The van der Waals surface area contributed by atoms with Gasteiger partial charge in [-0.3, -0.25) is 14.7 Å². The van der Waals surface area contributed by atoms with Gasteiger partial charge in [-0.1, -0.05) is 54.1 Å². The molecule has 44 heavy (non-hydrogen) atoms. The summed E-state index contributed by atoms with van der Waals surface area (Å²) in [5.41, 5.74) is 8.60. The molecule has 1 aliphatic carbocycles. The Hall–Kier alpha value is -4.02. The van der Waals surface area contributed by atoms with Crippen LogP contribution in [0.15, 0.2) is 77.8 Å². The highest BCUT2D eigenvalue weighted by atomic mass is 79.9. The van der Waals surface area contributed by atoms with Crippen molar-refractivity contribution in [2.45, 2.75) is 38.8 Å². The van der Waals surface area contributed by atoms with Crippen molar-refractivity contribution in [1.29, 1.82) is 0 Å². The van der Waals surface area contributed by atoms with E-state index in [1.807, 2.05) is 53.0 Å². The third-order valence-electron chi connectivity index (χ3n) is 8.15. The first kappa shape index (κ1) is 31.4. The van der Waals surface area contributed by atoms with E-state index < -0.39 is 0 Å². The lowest BCUT2D eigenvalue weighted by atomic mass is 9.94. The summed E-state index contributed by atoms with van der Waals surface area (Å²) in [7, 11) is 1.93. The van der Waals surface area contributed by atoms with Crippen LogP contribution in [0.25, 0.3) is 0 Å². The standard InChI is InChI=1S/C27H28BrN3O2.C7H11N3O/c1-19-7-10-24-21(15-19)8-9-22-16-23(28)17-29-25(22)26(24)30-11-13-31(14-12-30)27(32)33-18-20-5-3-2-4-6-20;1-10-5-9-4-7(10)2-3-8-6-11/h2-7,10,15-17,26H,8-9,11-14,18H2,1H3;4-6H,2-3H2,1H3,(H,8,11). The Labute approximate surface area is 267 Å². The molecule has 1 saturated heterocycles. The topological polar surface area (TPSA) is 92.6 Å². The van der Waals surface area contributed by atoms with Crippen molar-refractivity contribution in [3.63, 3.8) is 0 Å². The molecule has 1 fully saturated rings. The molecule has 1 unspecified atom stereocenters. The minimum absolute atomic E-state index is 0.105. The van der Waals surface area contributed by atoms with E-state index in [1.165, 1.54) is 22.3 Å². The van der Waals surface area contributed by atoms with Crippen LogP contribution >= 0.6 is 15.9 Å². The molecular weight excluding hydrogens is 620 g/mol. The Balaban J connectivity index is 0.000000296. The molecule has 2 aliphatic rings. The lowest BCUT2D eigenvalue weighted by molar-refractivity contribution is -0.109. The fourth-order valence-electron chi connectivity index (χ4n) is 5.80. The lowest BCUT2D eigenvalue weighted by Gasteiger charge is -2.39. The molecule has 2 amide bonds. The van der Waals surface area contributed by atoms with Crippen molar-refractivity contribution in [2.24, 2.45) is 7.05 Å². The summed E-state index contributed by atoms with van der Waals surface area (Å²) >= 11 is 3.60. The van der Waals surface area contributed by atoms with Crippen molar-refractivity contribution in [3.8, 4) is 0 Å². The Kier molecular flexibility index (Phi) is 10.8. The van der Waals surface area contributed by atoms with Crippen molar-refractivity contribution in [1.82, 2.24) is 29.7 Å². The van der Waals surface area contributed by atoms with E-state index in [-0.39, 0.29) is 12.1 Å². The molecule has 10 heteroatoms. The van der Waals surface area contributed by atoms with Crippen molar-refractivity contribution < 1.29 is 14.3 Å². The maximum Gasteiger partial charge on any atom is 0.410 e. The van der Waals surface area contributed by atoms with Crippen LogP contribution in [0.1, 0.15) is 45.2 Å². The molecule has 1 N–H and O–H groups in total. The number of carbonyl (C=O) groups is 2. The van der Waals surface area contributed by atoms with Crippen LogP contribution in [0, 0.1) is 6.92 Å². The van der Waals surface area contributed by atoms with Gasteiger partial charge >= 0.3 is 6.09 Å². The molecular formula is C34H39BrN6O3. The maximum atomic E-state index is 12.6. The number of ether oxygens (including phenoxy) is 1. The number of nitrogens with zero attached hydrogens (tertiary/aromatic N) is 5. The maximum absolute atomic E-state index is 12.6. The number of fused-ring (bicyclic) bond motifs is 2. The molecule has 1 atom stereocenters. The third kappa shape index (κ3) is 7.92. The van der Waals surface area contributed by atoms with Gasteiger partial charge in [0, 0.05) is 68.8 Å². The molecule has 1 aliphatic heterocycles. The van der Waals surface area contributed by atoms with E-state index >= 15 is 0 Å². The van der Waals surface area contributed by atoms with Gasteiger partial charge in [-0.2, -0.15) is 0 Å². The quantitative estimate of drug-likeness (QED) is 0.222. The van der Waals surface area contributed by atoms with Crippen LogP contribution in [0.4, 0.5) is 4.79 Å². The highest BCUT2D eigenvalue weighted by molar-refractivity contribution is 9.10. The van der Waals surface area contributed by atoms with E-state index in [1.54, 1.807) is 12.5 Å². The molecule has 2 aromatic carbocycles. The Bertz CT molecular complexity index is 1500. The number of piperazine rings is 1. The minimum atomic E-state index is -0.238. The normalized spacial score (nSPS) is 16.1. The molecule has 4 aromatic rings. The van der Waals surface area contributed by atoms with E-state index in [0.29, 0.717) is 32.7 Å². The highest BCUT2D eigenvalue weighted by Crippen LogP contribution is 2.37. The molecule has 230 valence electrons. The SMILES string of the molecule is Cc1ccc2c(c1)CCc1cc(Br)cnc1C2N1CCN(C(=O)OCc2ccccc2)CC1.Cn1cncc1CCNC=O. The summed E-state index contributed by atoms with van der Waals surface area (Å²) in [6.07, 6.45) is 8.75. The van der Waals surface area contributed by atoms with Crippen molar-refractivity contribution >= 4 is 28.4 Å². The Morgan fingerprint density at radius 3 is 2.55 bits per heavy atom. The number of carbonyl (C=O) groups excluding carboxylic acids is 2. The first-order valence-electron chi connectivity index (χ1n) is 15.0. The predicted octanol–water partition coefficient (Wildman–Crippen LogP) is 5.00. The summed E-state index contributed by atoms with van der Waals surface area (Å²) < 4.78 is 8.52. The van der Waals surface area contributed by atoms with E-state index in [0.717, 1.165) is 53.8 Å². The third-order valence-corrected chi connectivity index (χ3v) is 8.59. The van der Waals surface area contributed by atoms with Gasteiger partial charge in [-0.05, 0) is 64.0 Å². The first-order valence-corrected chi connectivity index (χ1v) is 15.8. The molecule has 0 bridgehead atoms. The number of benzene rings is 2. The summed E-state index contributed by atoms with van der Waals surface area (Å²) in [4.78, 5) is 35.7. The smallest absolute Gasteiger partial charge is 0.410 e. The second kappa shape index (κ2) is 15.1. The van der Waals surface area contributed by atoms with Crippen LogP contribution < -0.4 is 5.32 Å². The summed E-state index contributed by atoms with van der Waals surface area (Å²) in [6.45, 7) is 6.01. The highest BCUT2D eigenvalue weighted by Gasteiger charge is 2.33. The number of pyridine rings is 1. The largest absolute Gasteiger partial charge is 0.445 e. The molecule has 9 nitrogen and oxygen atoms in total. The number of halogens is 1. The van der Waals surface area contributed by atoms with Gasteiger partial charge in [0.2, 0.25) is 6.41 Å². The first-order chi connectivity index (χ1) is 21.4. The average molecular weight is 660 g/mol. The average Bonchev–Trinajstić information content (AvgIpc) is 3.38. The molecule has 0 radical (unpaired) electrons. The molecule has 3 heterocycles. The zero-order valence-electron chi connectivity index (χ0n) is 25.3. The Morgan fingerprint density at radius 2 is 1.82 bits per heavy atom. The number of imidazole rings is 1. The second-order valence-electron chi connectivity index (χ2n) is 11.2. The number of amides is 2. The Morgan fingerprint density at radius 1 is 1.05 bits per heavy atom. The number of nitrogens with one attached hydrogen (secondary N) is 1. The fourth-order valence-corrected chi connectivity index (χ4v) is 6.18. The molecule has 6 rings (SSSR count). The van der Waals surface area contributed by atoms with Crippen LogP contribution in [0.5, 0.6) is 0 Å². The lowest BCUT2D eigenvalue weighted by Crippen LogP contribution is -2.50. The zero-order chi connectivity index (χ0) is 30.9. The van der Waals surface area contributed by atoms with Gasteiger partial charge in [-0.25, -0.2) is 9.78 Å². The number of rotatable bonds is 7. The number of aryl methyl sites for hydroxylation is 4. The van der Waals surface area contributed by atoms with Gasteiger partial charge < -0.3 is 19.5 Å². The second-order valence-corrected chi connectivity index (χ2v) is 12.1. The minimum Gasteiger partial charge on any atom is -0.445 e. The fraction of sp³-hybridized carbons (Fsp3) is 0.353. The zero-order valence-corrected chi connectivity index (χ0v) is 26.9. The molecule has 0 saturated carbocycles. The van der Waals surface area contributed by atoms with E-state index in [9.17, 15) is 9.59 Å². The van der Waals surface area contributed by atoms with Crippen LogP contribution in [-0.4, -0.2) is 69.6 Å². The van der Waals surface area contributed by atoms with Crippen molar-refractivity contribution in [3.05, 3.63) is 117 Å². The van der Waals surface area contributed by atoms with Crippen LogP contribution in [-0.2, 0) is 42.4 Å².